The molecule has 0 aromatic carbocycles. The van der Waals surface area contributed by atoms with Gasteiger partial charge in [-0.15, -0.1) is 0 Å². The molecular weight excluding hydrogens is 392 g/mol. The van der Waals surface area contributed by atoms with E-state index in [0.29, 0.717) is 5.75 Å². The average molecular weight is 418 g/mol. The summed E-state index contributed by atoms with van der Waals surface area (Å²) in [7, 11) is 0. The van der Waals surface area contributed by atoms with Crippen LogP contribution in [0.1, 0.15) is 0 Å². The lowest BCUT2D eigenvalue weighted by molar-refractivity contribution is -0.355. The highest BCUT2D eigenvalue weighted by Crippen LogP contribution is 2.29. The minimum absolute atomic E-state index is 0.0419. The SMILES string of the molecule is OC[C@H]1O[C@@H](OCCS)[C@H](O)[C@@H](O)[C@@H]1O[C@@H]1O[C@H](CS)[C@H](O)[C@H](O)[C@H]1O. The predicted octanol–water partition coefficient (Wildman–Crippen LogP) is -3.51. The van der Waals surface area contributed by atoms with Crippen LogP contribution in [-0.4, -0.2) is 117 Å². The maximum Gasteiger partial charge on any atom is 0.187 e. The lowest BCUT2D eigenvalue weighted by atomic mass is 9.97. The normalized spacial score (nSPS) is 47.1. The number of rotatable bonds is 7. The van der Waals surface area contributed by atoms with Crippen LogP contribution in [0.4, 0.5) is 0 Å². The lowest BCUT2D eigenvalue weighted by Crippen LogP contribution is -2.64. The maximum absolute atomic E-state index is 10.3. The van der Waals surface area contributed by atoms with Gasteiger partial charge in [0, 0.05) is 11.5 Å². The molecule has 154 valence electrons. The Morgan fingerprint density at radius 3 is 1.96 bits per heavy atom. The summed E-state index contributed by atoms with van der Waals surface area (Å²) in [5.41, 5.74) is 0. The average Bonchev–Trinajstić information content (AvgIpc) is 2.64. The van der Waals surface area contributed by atoms with Crippen molar-refractivity contribution in [1.29, 1.82) is 0 Å². The first-order chi connectivity index (χ1) is 12.3. The minimum Gasteiger partial charge on any atom is -0.394 e. The molecule has 2 aliphatic rings. The van der Waals surface area contributed by atoms with Gasteiger partial charge in [-0.05, 0) is 0 Å². The van der Waals surface area contributed by atoms with Crippen molar-refractivity contribution in [2.75, 3.05) is 24.7 Å². The molecule has 2 aliphatic heterocycles. The van der Waals surface area contributed by atoms with Crippen LogP contribution in [0, 0.1) is 0 Å². The first-order valence-corrected chi connectivity index (χ1v) is 9.43. The van der Waals surface area contributed by atoms with Crippen LogP contribution < -0.4 is 0 Å². The van der Waals surface area contributed by atoms with Crippen LogP contribution in [0.15, 0.2) is 0 Å². The van der Waals surface area contributed by atoms with Crippen LogP contribution in [0.3, 0.4) is 0 Å². The second-order valence-electron chi connectivity index (χ2n) is 6.10. The van der Waals surface area contributed by atoms with E-state index >= 15 is 0 Å². The summed E-state index contributed by atoms with van der Waals surface area (Å²) >= 11 is 7.97. The van der Waals surface area contributed by atoms with Crippen molar-refractivity contribution in [3.05, 3.63) is 0 Å². The molecule has 0 saturated carbocycles. The molecule has 0 aromatic rings. The van der Waals surface area contributed by atoms with Gasteiger partial charge in [0.25, 0.3) is 0 Å². The Morgan fingerprint density at radius 1 is 0.769 bits per heavy atom. The monoisotopic (exact) mass is 418 g/mol. The number of hydrogen-bond acceptors (Lipinski definition) is 12. The molecule has 0 aliphatic carbocycles. The molecule has 0 amide bonds. The third kappa shape index (κ3) is 4.82. The number of ether oxygens (including phenoxy) is 4. The molecule has 0 aromatic heterocycles. The second-order valence-corrected chi connectivity index (χ2v) is 6.91. The van der Waals surface area contributed by atoms with E-state index in [1.165, 1.54) is 0 Å². The van der Waals surface area contributed by atoms with E-state index in [-0.39, 0.29) is 12.4 Å². The minimum atomic E-state index is -1.62. The Balaban J connectivity index is 2.09. The molecular formula is C14H26O10S2. The molecule has 2 rings (SSSR count). The van der Waals surface area contributed by atoms with Crippen molar-refractivity contribution in [3.63, 3.8) is 0 Å². The zero-order valence-electron chi connectivity index (χ0n) is 13.8. The summed E-state index contributed by atoms with van der Waals surface area (Å²) in [5.74, 6) is 0.403. The lowest BCUT2D eigenvalue weighted by Gasteiger charge is -2.46. The molecule has 0 bridgehead atoms. The zero-order chi connectivity index (χ0) is 19.4. The van der Waals surface area contributed by atoms with Gasteiger partial charge >= 0.3 is 0 Å². The fourth-order valence-corrected chi connectivity index (χ4v) is 3.27. The van der Waals surface area contributed by atoms with Crippen LogP contribution >= 0.6 is 25.3 Å². The largest absolute Gasteiger partial charge is 0.394 e. The summed E-state index contributed by atoms with van der Waals surface area (Å²) < 4.78 is 21.5. The molecule has 6 N–H and O–H groups in total. The van der Waals surface area contributed by atoms with Gasteiger partial charge < -0.3 is 49.6 Å². The van der Waals surface area contributed by atoms with Crippen LogP contribution in [0.2, 0.25) is 0 Å². The number of hydrogen-bond donors (Lipinski definition) is 8. The van der Waals surface area contributed by atoms with Gasteiger partial charge in [0.15, 0.2) is 12.6 Å². The molecule has 0 unspecified atom stereocenters. The van der Waals surface area contributed by atoms with E-state index in [0.717, 1.165) is 0 Å². The van der Waals surface area contributed by atoms with E-state index in [2.05, 4.69) is 25.3 Å². The summed E-state index contributed by atoms with van der Waals surface area (Å²) in [6.45, 7) is -0.418. The van der Waals surface area contributed by atoms with Gasteiger partial charge in [0.2, 0.25) is 0 Å². The molecule has 0 spiro atoms. The Bertz CT molecular complexity index is 429. The van der Waals surface area contributed by atoms with Gasteiger partial charge in [-0.2, -0.15) is 25.3 Å². The second kappa shape index (κ2) is 10.2. The molecule has 26 heavy (non-hydrogen) atoms. The van der Waals surface area contributed by atoms with Gasteiger partial charge in [-0.3, -0.25) is 0 Å². The molecule has 10 nitrogen and oxygen atoms in total. The van der Waals surface area contributed by atoms with Crippen molar-refractivity contribution in [2.45, 2.75) is 61.4 Å². The summed E-state index contributed by atoms with van der Waals surface area (Å²) in [6, 6.07) is 0. The third-order valence-corrected chi connectivity index (χ3v) is 4.88. The van der Waals surface area contributed by atoms with E-state index in [1.54, 1.807) is 0 Å². The molecule has 12 heteroatoms. The van der Waals surface area contributed by atoms with Crippen molar-refractivity contribution < 1.29 is 49.6 Å². The van der Waals surface area contributed by atoms with Crippen molar-refractivity contribution in [3.8, 4) is 0 Å². The number of aliphatic hydroxyl groups is 6. The molecule has 10 atom stereocenters. The maximum atomic E-state index is 10.3. The van der Waals surface area contributed by atoms with Crippen molar-refractivity contribution >= 4 is 25.3 Å². The Morgan fingerprint density at radius 2 is 1.38 bits per heavy atom. The highest BCUT2D eigenvalue weighted by Gasteiger charge is 2.50. The van der Waals surface area contributed by atoms with E-state index in [4.69, 9.17) is 18.9 Å². The van der Waals surface area contributed by atoms with Gasteiger partial charge in [0.05, 0.1) is 19.3 Å². The molecule has 2 heterocycles. The van der Waals surface area contributed by atoms with E-state index < -0.39 is 68.0 Å². The first kappa shape index (κ1) is 22.6. The quantitative estimate of drug-likeness (QED) is 0.195. The summed E-state index contributed by atoms with van der Waals surface area (Å²) in [6.07, 6.45) is -13.5. The highest BCUT2D eigenvalue weighted by atomic mass is 32.1. The number of thiol groups is 2. The van der Waals surface area contributed by atoms with E-state index in [1.807, 2.05) is 0 Å². The fourth-order valence-electron chi connectivity index (χ4n) is 2.86. The topological polar surface area (TPSA) is 158 Å². The predicted molar refractivity (Wildman–Crippen MR) is 93.0 cm³/mol. The first-order valence-electron chi connectivity index (χ1n) is 8.16. The fraction of sp³-hybridized carbons (Fsp3) is 1.00. The standard InChI is InChI=1S/C14H26O10S2/c15-3-5-12(9(18)11(20)13(22-5)21-1-2-25)24-14-10(19)8(17)7(16)6(4-26)23-14/h5-20,25-26H,1-4H2/t5-,6-,7+,8+,9-,10-,11-,12-,13-,14+/m1/s1. The third-order valence-electron chi connectivity index (χ3n) is 4.33. The van der Waals surface area contributed by atoms with Crippen LogP contribution in [-0.2, 0) is 18.9 Å². The molecule has 0 radical (unpaired) electrons. The Hall–Kier alpha value is 0.300. The van der Waals surface area contributed by atoms with Crippen LogP contribution in [0.25, 0.3) is 0 Å². The Kier molecular flexibility index (Phi) is 8.85. The van der Waals surface area contributed by atoms with Crippen molar-refractivity contribution in [1.82, 2.24) is 0 Å². The van der Waals surface area contributed by atoms with Gasteiger partial charge in [-0.1, -0.05) is 0 Å². The summed E-state index contributed by atoms with van der Waals surface area (Å²) in [5, 5.41) is 59.8. The highest BCUT2D eigenvalue weighted by molar-refractivity contribution is 7.80. The van der Waals surface area contributed by atoms with Crippen molar-refractivity contribution in [2.24, 2.45) is 0 Å². The smallest absolute Gasteiger partial charge is 0.187 e. The summed E-state index contributed by atoms with van der Waals surface area (Å²) in [4.78, 5) is 0. The van der Waals surface area contributed by atoms with Crippen LogP contribution in [0.5, 0.6) is 0 Å². The number of aliphatic hydroxyl groups excluding tert-OH is 6. The zero-order valence-corrected chi connectivity index (χ0v) is 15.6. The Labute approximate surface area is 161 Å². The van der Waals surface area contributed by atoms with Gasteiger partial charge in [0.1, 0.15) is 42.7 Å². The van der Waals surface area contributed by atoms with E-state index in [9.17, 15) is 30.6 Å². The van der Waals surface area contributed by atoms with Gasteiger partial charge in [-0.25, -0.2) is 0 Å². The molecule has 2 saturated heterocycles. The molecule has 2 fully saturated rings.